The minimum atomic E-state index is -3.48. The fraction of sp³-hybridized carbons (Fsp3) is 0.357. The number of imidazole rings is 1. The molecule has 0 spiro atoms. The van der Waals surface area contributed by atoms with E-state index in [1.54, 1.807) is 36.5 Å². The molecule has 1 aromatic heterocycles. The lowest BCUT2D eigenvalue weighted by molar-refractivity contribution is 0.502. The molecule has 0 saturated heterocycles. The predicted molar refractivity (Wildman–Crippen MR) is 77.5 cm³/mol. The Morgan fingerprint density at radius 1 is 1.25 bits per heavy atom. The summed E-state index contributed by atoms with van der Waals surface area (Å²) in [5, 5.41) is 0. The summed E-state index contributed by atoms with van der Waals surface area (Å²) < 4.78 is 28.8. The smallest absolute Gasteiger partial charge is 0.240 e. The molecule has 0 fully saturated rings. The third-order valence-corrected chi connectivity index (χ3v) is 4.25. The average molecular weight is 293 g/mol. The maximum absolute atomic E-state index is 12.1. The lowest BCUT2D eigenvalue weighted by Gasteiger charge is -2.11. The van der Waals surface area contributed by atoms with Gasteiger partial charge in [0.2, 0.25) is 10.0 Å². The van der Waals surface area contributed by atoms with Crippen molar-refractivity contribution in [1.29, 1.82) is 0 Å². The number of rotatable bonds is 6. The molecular weight excluding hydrogens is 274 g/mol. The Labute approximate surface area is 119 Å². The summed E-state index contributed by atoms with van der Waals surface area (Å²) >= 11 is 0. The molecule has 0 aliphatic rings. The van der Waals surface area contributed by atoms with Crippen LogP contribution in [0.15, 0.2) is 47.6 Å². The van der Waals surface area contributed by atoms with Crippen LogP contribution in [0.25, 0.3) is 0 Å². The Morgan fingerprint density at radius 2 is 1.95 bits per heavy atom. The number of hydrogen-bond donors (Lipinski definition) is 1. The second kappa shape index (κ2) is 6.19. The van der Waals surface area contributed by atoms with Gasteiger partial charge in [-0.2, -0.15) is 0 Å². The molecule has 20 heavy (non-hydrogen) atoms. The Morgan fingerprint density at radius 3 is 2.60 bits per heavy atom. The lowest BCUT2D eigenvalue weighted by Crippen LogP contribution is -2.25. The van der Waals surface area contributed by atoms with Crippen LogP contribution in [0, 0.1) is 5.92 Å². The van der Waals surface area contributed by atoms with E-state index in [1.807, 2.05) is 10.8 Å². The first kappa shape index (κ1) is 14.7. The fourth-order valence-corrected chi connectivity index (χ4v) is 2.91. The van der Waals surface area contributed by atoms with Crippen LogP contribution < -0.4 is 4.72 Å². The van der Waals surface area contributed by atoms with Gasteiger partial charge in [-0.25, -0.2) is 18.1 Å². The fourth-order valence-electron chi connectivity index (χ4n) is 1.91. The number of nitrogens with one attached hydrogen (secondary N) is 1. The number of sulfonamides is 1. The molecule has 1 N–H and O–H groups in total. The Bertz CT molecular complexity index is 648. The molecule has 0 bridgehead atoms. The highest BCUT2D eigenvalue weighted by Gasteiger charge is 2.14. The van der Waals surface area contributed by atoms with E-state index in [9.17, 15) is 8.42 Å². The van der Waals surface area contributed by atoms with Crippen molar-refractivity contribution >= 4 is 10.0 Å². The third-order valence-electron chi connectivity index (χ3n) is 2.84. The molecule has 0 aliphatic carbocycles. The monoisotopic (exact) mass is 293 g/mol. The Kier molecular flexibility index (Phi) is 4.57. The number of aromatic nitrogens is 2. The molecular formula is C14H19N3O2S. The zero-order chi connectivity index (χ0) is 14.6. The molecule has 5 nitrogen and oxygen atoms in total. The van der Waals surface area contributed by atoms with E-state index in [-0.39, 0.29) is 11.4 Å². The highest BCUT2D eigenvalue weighted by Crippen LogP contribution is 2.09. The van der Waals surface area contributed by atoms with Gasteiger partial charge in [0, 0.05) is 18.9 Å². The van der Waals surface area contributed by atoms with Crippen LogP contribution in [0.4, 0.5) is 0 Å². The maximum atomic E-state index is 12.1. The van der Waals surface area contributed by atoms with Gasteiger partial charge in [-0.1, -0.05) is 32.0 Å². The van der Waals surface area contributed by atoms with E-state index in [2.05, 4.69) is 23.6 Å². The minimum Gasteiger partial charge on any atom is -0.334 e. The number of hydrogen-bond acceptors (Lipinski definition) is 3. The topological polar surface area (TPSA) is 64.0 Å². The van der Waals surface area contributed by atoms with Gasteiger partial charge in [0.1, 0.15) is 5.82 Å². The van der Waals surface area contributed by atoms with Crippen molar-refractivity contribution in [1.82, 2.24) is 14.3 Å². The zero-order valence-corrected chi connectivity index (χ0v) is 12.5. The molecule has 0 atom stereocenters. The highest BCUT2D eigenvalue weighted by atomic mass is 32.2. The van der Waals surface area contributed by atoms with E-state index in [1.165, 1.54) is 0 Å². The van der Waals surface area contributed by atoms with Gasteiger partial charge >= 0.3 is 0 Å². The zero-order valence-electron chi connectivity index (χ0n) is 11.7. The summed E-state index contributed by atoms with van der Waals surface area (Å²) in [6.07, 6.45) is 3.56. The molecule has 0 saturated carbocycles. The standard InChI is InChI=1S/C14H19N3O2S/c1-12(2)11-17-9-8-15-14(17)10-16-20(18,19)13-6-4-3-5-7-13/h3-9,12,16H,10-11H2,1-2H3. The summed E-state index contributed by atoms with van der Waals surface area (Å²) in [6.45, 7) is 5.23. The van der Waals surface area contributed by atoms with Crippen molar-refractivity contribution in [3.8, 4) is 0 Å². The molecule has 0 amide bonds. The largest absolute Gasteiger partial charge is 0.334 e. The summed E-state index contributed by atoms with van der Waals surface area (Å²) in [4.78, 5) is 4.47. The van der Waals surface area contributed by atoms with Crippen LogP contribution in [-0.4, -0.2) is 18.0 Å². The molecule has 1 heterocycles. The van der Waals surface area contributed by atoms with Crippen LogP contribution in [-0.2, 0) is 23.1 Å². The second-order valence-corrected chi connectivity index (χ2v) is 6.79. The van der Waals surface area contributed by atoms with Crippen molar-refractivity contribution in [3.63, 3.8) is 0 Å². The molecule has 0 unspecified atom stereocenters. The van der Waals surface area contributed by atoms with Crippen molar-refractivity contribution in [2.75, 3.05) is 0 Å². The molecule has 0 radical (unpaired) electrons. The van der Waals surface area contributed by atoms with Gasteiger partial charge in [-0.05, 0) is 18.1 Å². The van der Waals surface area contributed by atoms with Gasteiger partial charge in [0.15, 0.2) is 0 Å². The minimum absolute atomic E-state index is 0.191. The van der Waals surface area contributed by atoms with Crippen LogP contribution in [0.2, 0.25) is 0 Å². The normalized spacial score (nSPS) is 11.9. The molecule has 2 aromatic rings. The lowest BCUT2D eigenvalue weighted by atomic mass is 10.2. The van der Waals surface area contributed by atoms with E-state index in [0.29, 0.717) is 5.92 Å². The van der Waals surface area contributed by atoms with E-state index < -0.39 is 10.0 Å². The maximum Gasteiger partial charge on any atom is 0.240 e. The SMILES string of the molecule is CC(C)Cn1ccnc1CNS(=O)(=O)c1ccccc1. The van der Waals surface area contributed by atoms with Crippen molar-refractivity contribution in [3.05, 3.63) is 48.5 Å². The molecule has 108 valence electrons. The molecule has 6 heteroatoms. The number of nitrogens with zero attached hydrogens (tertiary/aromatic N) is 2. The average Bonchev–Trinajstić information content (AvgIpc) is 2.84. The van der Waals surface area contributed by atoms with E-state index in [4.69, 9.17) is 0 Å². The summed E-state index contributed by atoms with van der Waals surface area (Å²) in [5.74, 6) is 1.20. The first-order chi connectivity index (χ1) is 9.49. The van der Waals surface area contributed by atoms with Crippen LogP contribution in [0.1, 0.15) is 19.7 Å². The highest BCUT2D eigenvalue weighted by molar-refractivity contribution is 7.89. The van der Waals surface area contributed by atoms with Crippen LogP contribution in [0.3, 0.4) is 0 Å². The van der Waals surface area contributed by atoms with E-state index >= 15 is 0 Å². The van der Waals surface area contributed by atoms with Crippen molar-refractivity contribution in [2.24, 2.45) is 5.92 Å². The first-order valence-corrected chi connectivity index (χ1v) is 8.02. The van der Waals surface area contributed by atoms with Crippen LogP contribution in [0.5, 0.6) is 0 Å². The van der Waals surface area contributed by atoms with Gasteiger partial charge in [0.25, 0.3) is 0 Å². The molecule has 0 aliphatic heterocycles. The van der Waals surface area contributed by atoms with Gasteiger partial charge in [-0.15, -0.1) is 0 Å². The first-order valence-electron chi connectivity index (χ1n) is 6.54. The summed E-state index contributed by atoms with van der Waals surface area (Å²) in [6, 6.07) is 8.34. The van der Waals surface area contributed by atoms with Crippen molar-refractivity contribution < 1.29 is 8.42 Å². The van der Waals surface area contributed by atoms with Gasteiger partial charge < -0.3 is 4.57 Å². The Balaban J connectivity index is 2.07. The molecule has 2 rings (SSSR count). The molecule has 1 aromatic carbocycles. The van der Waals surface area contributed by atoms with Crippen molar-refractivity contribution in [2.45, 2.75) is 31.8 Å². The summed E-state index contributed by atoms with van der Waals surface area (Å²) in [7, 11) is -3.48. The summed E-state index contributed by atoms with van der Waals surface area (Å²) in [5.41, 5.74) is 0. The predicted octanol–water partition coefficient (Wildman–Crippen LogP) is 2.02. The second-order valence-electron chi connectivity index (χ2n) is 5.03. The van der Waals surface area contributed by atoms with Gasteiger partial charge in [-0.3, -0.25) is 0 Å². The van der Waals surface area contributed by atoms with Crippen LogP contribution >= 0.6 is 0 Å². The Hall–Kier alpha value is -1.66. The number of benzene rings is 1. The third kappa shape index (κ3) is 3.68. The van der Waals surface area contributed by atoms with Gasteiger partial charge in [0.05, 0.1) is 11.4 Å². The van der Waals surface area contributed by atoms with E-state index in [0.717, 1.165) is 12.4 Å². The quantitative estimate of drug-likeness (QED) is 0.886.